The third-order valence-corrected chi connectivity index (χ3v) is 16.0. The van der Waals surface area contributed by atoms with Gasteiger partial charge in [0.1, 0.15) is 30.0 Å². The monoisotopic (exact) mass is 618 g/mol. The maximum absolute atomic E-state index is 14.6. The summed E-state index contributed by atoms with van der Waals surface area (Å²) >= 11 is 0. The molecule has 3 aromatic carbocycles. The molecule has 0 spiro atoms. The lowest BCUT2D eigenvalue weighted by Crippen LogP contribution is -2.67. The van der Waals surface area contributed by atoms with Crippen LogP contribution in [-0.4, -0.2) is 44.1 Å². The molecule has 5 rings (SSSR count). The van der Waals surface area contributed by atoms with E-state index in [-0.39, 0.29) is 41.0 Å². The highest BCUT2D eigenvalue weighted by Crippen LogP contribution is 2.62. The Hall–Kier alpha value is -3.17. The van der Waals surface area contributed by atoms with E-state index < -0.39 is 31.4 Å². The van der Waals surface area contributed by atoms with Crippen molar-refractivity contribution in [3.63, 3.8) is 0 Å². The molecule has 3 aromatic rings. The van der Waals surface area contributed by atoms with Gasteiger partial charge in [0.2, 0.25) is 14.1 Å². The molecule has 44 heavy (non-hydrogen) atoms. The molecule has 236 valence electrons. The first-order valence-corrected chi connectivity index (χ1v) is 17.7. The standard InChI is InChI=1S/C36H46O7Si/c1-22(2)44(23(3)4,24(5)6)43-34-28-19-27(40-7)20-30(41-8)31(28)33(37)35(38)18-17-26-15-12-16-29(32(26)36(34,35)39)42-21-25-13-10-9-11-14-25/h9-16,19-20,22-24,34,38-39H,17-18,21H2,1-8H3/t34-,35-,36+/m1/s1. The summed E-state index contributed by atoms with van der Waals surface area (Å²) in [6.45, 7) is 13.3. The molecule has 2 aliphatic rings. The number of carbonyl (C=O) groups excluding carboxylic acids is 1. The summed E-state index contributed by atoms with van der Waals surface area (Å²) in [5.41, 5.74) is -1.02. The topological polar surface area (TPSA) is 94.5 Å². The van der Waals surface area contributed by atoms with Crippen molar-refractivity contribution in [1.82, 2.24) is 0 Å². The molecule has 0 fully saturated rings. The molecule has 0 amide bonds. The number of Topliss-reactive ketones (excluding diaryl/α,β-unsaturated/α-hetero) is 1. The molecule has 0 aromatic heterocycles. The van der Waals surface area contributed by atoms with Gasteiger partial charge in [-0.3, -0.25) is 4.79 Å². The second kappa shape index (κ2) is 12.0. The predicted molar refractivity (Wildman–Crippen MR) is 173 cm³/mol. The molecule has 0 saturated heterocycles. The van der Waals surface area contributed by atoms with Crippen LogP contribution in [0.3, 0.4) is 0 Å². The van der Waals surface area contributed by atoms with Gasteiger partial charge in [-0.2, -0.15) is 0 Å². The molecular formula is C36H46O7Si. The minimum Gasteiger partial charge on any atom is -0.497 e. The number of hydrogen-bond donors (Lipinski definition) is 2. The first-order chi connectivity index (χ1) is 20.9. The number of hydrogen-bond acceptors (Lipinski definition) is 7. The van der Waals surface area contributed by atoms with E-state index in [0.29, 0.717) is 29.0 Å². The fourth-order valence-corrected chi connectivity index (χ4v) is 13.5. The number of aryl methyl sites for hydroxylation is 1. The minimum absolute atomic E-state index is 0.0194. The van der Waals surface area contributed by atoms with E-state index >= 15 is 0 Å². The Morgan fingerprint density at radius 2 is 1.52 bits per heavy atom. The van der Waals surface area contributed by atoms with Gasteiger partial charge in [0.05, 0.1) is 19.8 Å². The summed E-state index contributed by atoms with van der Waals surface area (Å²) < 4.78 is 25.2. The number of rotatable bonds is 10. The highest BCUT2D eigenvalue weighted by molar-refractivity contribution is 6.77. The highest BCUT2D eigenvalue weighted by atomic mass is 28.4. The maximum Gasteiger partial charge on any atom is 0.201 e. The molecule has 0 aliphatic heterocycles. The Morgan fingerprint density at radius 3 is 2.11 bits per heavy atom. The fraction of sp³-hybridized carbons (Fsp3) is 0.472. The van der Waals surface area contributed by atoms with Crippen molar-refractivity contribution in [1.29, 1.82) is 0 Å². The first-order valence-electron chi connectivity index (χ1n) is 15.6. The molecule has 8 heteroatoms. The van der Waals surface area contributed by atoms with E-state index in [0.717, 1.165) is 11.1 Å². The number of benzene rings is 3. The molecule has 0 heterocycles. The van der Waals surface area contributed by atoms with Crippen molar-refractivity contribution in [2.75, 3.05) is 14.2 Å². The average Bonchev–Trinajstić information content (AvgIpc) is 3.00. The zero-order chi connectivity index (χ0) is 32.0. The van der Waals surface area contributed by atoms with Crippen LogP contribution in [0.15, 0.2) is 60.7 Å². The second-order valence-corrected chi connectivity index (χ2v) is 18.5. The molecular weight excluding hydrogens is 572 g/mol. The molecule has 0 radical (unpaired) electrons. The number of aliphatic hydroxyl groups is 2. The van der Waals surface area contributed by atoms with Gasteiger partial charge in [0.15, 0.2) is 11.2 Å². The largest absolute Gasteiger partial charge is 0.497 e. The van der Waals surface area contributed by atoms with Crippen LogP contribution in [-0.2, 0) is 23.1 Å². The third kappa shape index (κ3) is 4.78. The van der Waals surface area contributed by atoms with E-state index in [2.05, 4.69) is 41.5 Å². The van der Waals surface area contributed by atoms with Crippen LogP contribution in [0, 0.1) is 0 Å². The van der Waals surface area contributed by atoms with Crippen LogP contribution < -0.4 is 14.2 Å². The van der Waals surface area contributed by atoms with E-state index in [9.17, 15) is 15.0 Å². The summed E-state index contributed by atoms with van der Waals surface area (Å²) in [5, 5.41) is 26.0. The smallest absolute Gasteiger partial charge is 0.201 e. The van der Waals surface area contributed by atoms with Gasteiger partial charge in [-0.25, -0.2) is 0 Å². The van der Waals surface area contributed by atoms with Crippen LogP contribution in [0.5, 0.6) is 17.2 Å². The molecule has 2 aliphatic carbocycles. The first kappa shape index (κ1) is 32.2. The van der Waals surface area contributed by atoms with E-state index in [1.165, 1.54) is 7.11 Å². The quantitative estimate of drug-likeness (QED) is 0.231. The van der Waals surface area contributed by atoms with Crippen molar-refractivity contribution in [3.8, 4) is 17.2 Å². The van der Waals surface area contributed by atoms with Crippen LogP contribution in [0.25, 0.3) is 0 Å². The zero-order valence-corrected chi connectivity index (χ0v) is 28.1. The SMILES string of the molecule is COc1cc(OC)c2c(c1)[C@@H](O[Si](C(C)C)(C(C)C)C(C)C)[C@@]1(O)c3c(cccc3OCc3ccccc3)CC[C@@]1(O)C2=O. The molecule has 3 atom stereocenters. The van der Waals surface area contributed by atoms with Gasteiger partial charge in [0.25, 0.3) is 0 Å². The lowest BCUT2D eigenvalue weighted by Gasteiger charge is -2.57. The Bertz CT molecular complexity index is 1500. The van der Waals surface area contributed by atoms with Crippen molar-refractivity contribution in [2.24, 2.45) is 0 Å². The van der Waals surface area contributed by atoms with Gasteiger partial charge in [-0.15, -0.1) is 0 Å². The van der Waals surface area contributed by atoms with Crippen LogP contribution in [0.1, 0.15) is 86.7 Å². The number of ketones is 1. The Balaban J connectivity index is 1.82. The molecule has 7 nitrogen and oxygen atoms in total. The van der Waals surface area contributed by atoms with Crippen molar-refractivity contribution < 1.29 is 33.6 Å². The number of carbonyl (C=O) groups is 1. The molecule has 0 bridgehead atoms. The van der Waals surface area contributed by atoms with E-state index in [1.54, 1.807) is 25.3 Å². The zero-order valence-electron chi connectivity index (χ0n) is 27.1. The van der Waals surface area contributed by atoms with Crippen LogP contribution >= 0.6 is 0 Å². The molecule has 2 N–H and O–H groups in total. The lowest BCUT2D eigenvalue weighted by atomic mass is 9.58. The number of methoxy groups -OCH3 is 2. The van der Waals surface area contributed by atoms with Gasteiger partial charge in [0, 0.05) is 17.2 Å². The Kier molecular flexibility index (Phi) is 8.77. The molecule has 0 saturated carbocycles. The lowest BCUT2D eigenvalue weighted by molar-refractivity contribution is -0.199. The summed E-state index contributed by atoms with van der Waals surface area (Å²) in [6.07, 6.45) is -0.709. The highest BCUT2D eigenvalue weighted by Gasteiger charge is 2.69. The van der Waals surface area contributed by atoms with Gasteiger partial charge < -0.3 is 28.8 Å². The van der Waals surface area contributed by atoms with Crippen molar-refractivity contribution in [2.45, 2.75) is 94.9 Å². The van der Waals surface area contributed by atoms with Gasteiger partial charge >= 0.3 is 0 Å². The van der Waals surface area contributed by atoms with Gasteiger partial charge in [-0.1, -0.05) is 84.0 Å². The average molecular weight is 619 g/mol. The Morgan fingerprint density at radius 1 is 0.864 bits per heavy atom. The van der Waals surface area contributed by atoms with Crippen molar-refractivity contribution in [3.05, 3.63) is 88.5 Å². The van der Waals surface area contributed by atoms with Crippen molar-refractivity contribution >= 4 is 14.1 Å². The third-order valence-electron chi connectivity index (χ3n) is 9.97. The molecule has 0 unspecified atom stereocenters. The van der Waals surface area contributed by atoms with E-state index in [4.69, 9.17) is 18.6 Å². The normalized spacial score (nSPS) is 22.9. The second-order valence-electron chi connectivity index (χ2n) is 13.1. The summed E-state index contributed by atoms with van der Waals surface area (Å²) in [7, 11) is 0.308. The number of ether oxygens (including phenoxy) is 3. The predicted octanol–water partition coefficient (Wildman–Crippen LogP) is 7.28. The summed E-state index contributed by atoms with van der Waals surface area (Å²) in [6, 6.07) is 18.8. The minimum atomic E-state index is -2.73. The maximum atomic E-state index is 14.6. The Labute approximate surface area is 262 Å². The van der Waals surface area contributed by atoms with E-state index in [1.807, 2.05) is 42.5 Å². The summed E-state index contributed by atoms with van der Waals surface area (Å²) in [4.78, 5) is 14.6. The van der Waals surface area contributed by atoms with Gasteiger partial charge in [-0.05, 0) is 52.7 Å². The fourth-order valence-electron chi connectivity index (χ4n) is 7.95. The number of fused-ring (bicyclic) bond motifs is 4. The van der Waals surface area contributed by atoms with Crippen LogP contribution in [0.4, 0.5) is 0 Å². The van der Waals surface area contributed by atoms with Crippen LogP contribution in [0.2, 0.25) is 16.6 Å². The summed E-state index contributed by atoms with van der Waals surface area (Å²) in [5.74, 6) is 0.562.